The van der Waals surface area contributed by atoms with Crippen LogP contribution in [0.1, 0.15) is 19.4 Å². The van der Waals surface area contributed by atoms with Crippen molar-refractivity contribution in [3.63, 3.8) is 0 Å². The molecule has 1 aromatic rings. The highest BCUT2D eigenvalue weighted by Crippen LogP contribution is 2.08. The molecule has 5 heteroatoms. The fraction of sp³-hybridized carbons (Fsp3) is 0.500. The highest BCUT2D eigenvalue weighted by molar-refractivity contribution is 5.91. The molecule has 1 N–H and O–H groups in total. The third kappa shape index (κ3) is 6.50. The van der Waals surface area contributed by atoms with Crippen LogP contribution in [0.15, 0.2) is 30.3 Å². The van der Waals surface area contributed by atoms with Crippen LogP contribution in [0.3, 0.4) is 0 Å². The molecular weight excluding hydrogens is 295 g/mol. The maximum absolute atomic E-state index is 13.1. The van der Waals surface area contributed by atoms with Gasteiger partial charge in [-0.25, -0.2) is 4.39 Å². The summed E-state index contributed by atoms with van der Waals surface area (Å²) < 4.78 is 18.7. The summed E-state index contributed by atoms with van der Waals surface area (Å²) >= 11 is 0. The van der Waals surface area contributed by atoms with Crippen LogP contribution in [0.2, 0.25) is 0 Å². The molecule has 0 saturated carbocycles. The van der Waals surface area contributed by atoms with Gasteiger partial charge in [-0.05, 0) is 29.7 Å². The number of nitrogens with one attached hydrogen (secondary N) is 1. The van der Waals surface area contributed by atoms with Gasteiger partial charge < -0.3 is 10.1 Å². The molecule has 1 fully saturated rings. The van der Waals surface area contributed by atoms with E-state index in [2.05, 4.69) is 24.1 Å². The number of morpholine rings is 1. The summed E-state index contributed by atoms with van der Waals surface area (Å²) in [5.74, 6) is 0.116. The number of rotatable bonds is 6. The van der Waals surface area contributed by atoms with Gasteiger partial charge in [-0.3, -0.25) is 9.69 Å². The normalized spacial score (nSPS) is 19.4. The van der Waals surface area contributed by atoms with Crippen LogP contribution in [0.5, 0.6) is 0 Å². The molecule has 1 saturated heterocycles. The molecule has 1 aliphatic rings. The zero-order valence-electron chi connectivity index (χ0n) is 13.8. The van der Waals surface area contributed by atoms with Gasteiger partial charge in [-0.1, -0.05) is 26.0 Å². The summed E-state index contributed by atoms with van der Waals surface area (Å²) in [7, 11) is 0. The number of benzene rings is 1. The Labute approximate surface area is 137 Å². The number of halogens is 1. The summed E-state index contributed by atoms with van der Waals surface area (Å²) in [5, 5.41) is 2.84. The Morgan fingerprint density at radius 1 is 1.52 bits per heavy atom. The van der Waals surface area contributed by atoms with Crippen molar-refractivity contribution < 1.29 is 13.9 Å². The predicted octanol–water partition coefficient (Wildman–Crippen LogP) is 2.31. The van der Waals surface area contributed by atoms with E-state index in [1.165, 1.54) is 18.2 Å². The number of nitrogens with zero attached hydrogens (tertiary/aromatic N) is 1. The number of carbonyl (C=O) groups is 1. The standard InChI is InChI=1S/C18H25FN2O2/c1-14(2)12-21-8-9-23-17(13-21)11-20-18(22)7-6-15-4-3-5-16(19)10-15/h3-7,10,14,17H,8-9,11-13H2,1-2H3,(H,20,22)/b7-6+. The molecule has 1 heterocycles. The third-order valence-electron chi connectivity index (χ3n) is 3.63. The average molecular weight is 320 g/mol. The molecule has 0 aliphatic carbocycles. The highest BCUT2D eigenvalue weighted by atomic mass is 19.1. The molecule has 1 aliphatic heterocycles. The Morgan fingerprint density at radius 3 is 3.09 bits per heavy atom. The van der Waals surface area contributed by atoms with Crippen LogP contribution in [0.25, 0.3) is 6.08 Å². The summed E-state index contributed by atoms with van der Waals surface area (Å²) in [6.07, 6.45) is 3.04. The first-order valence-corrected chi connectivity index (χ1v) is 8.08. The van der Waals surface area contributed by atoms with Crippen molar-refractivity contribution in [2.75, 3.05) is 32.8 Å². The second-order valence-corrected chi connectivity index (χ2v) is 6.28. The van der Waals surface area contributed by atoms with Gasteiger partial charge in [0, 0.05) is 32.3 Å². The minimum absolute atomic E-state index is 0.0222. The minimum atomic E-state index is -0.312. The summed E-state index contributed by atoms with van der Waals surface area (Å²) in [5.41, 5.74) is 0.664. The first-order chi connectivity index (χ1) is 11.0. The highest BCUT2D eigenvalue weighted by Gasteiger charge is 2.20. The predicted molar refractivity (Wildman–Crippen MR) is 89.5 cm³/mol. The number of amides is 1. The largest absolute Gasteiger partial charge is 0.374 e. The Balaban J connectivity index is 1.75. The molecule has 1 aromatic carbocycles. The smallest absolute Gasteiger partial charge is 0.244 e. The Hall–Kier alpha value is -1.72. The number of ether oxygens (including phenoxy) is 1. The molecule has 0 spiro atoms. The molecule has 23 heavy (non-hydrogen) atoms. The zero-order chi connectivity index (χ0) is 16.7. The van der Waals surface area contributed by atoms with Gasteiger partial charge in [0.05, 0.1) is 12.7 Å². The van der Waals surface area contributed by atoms with Crippen LogP contribution < -0.4 is 5.32 Å². The lowest BCUT2D eigenvalue weighted by molar-refractivity contribution is -0.117. The van der Waals surface area contributed by atoms with Crippen LogP contribution in [-0.4, -0.2) is 49.7 Å². The second kappa shape index (κ2) is 8.79. The zero-order valence-corrected chi connectivity index (χ0v) is 13.8. The molecule has 0 bridgehead atoms. The van der Waals surface area contributed by atoms with E-state index in [1.54, 1.807) is 18.2 Å². The van der Waals surface area contributed by atoms with Gasteiger partial charge in [0.15, 0.2) is 0 Å². The molecule has 1 amide bonds. The van der Waals surface area contributed by atoms with Crippen molar-refractivity contribution >= 4 is 12.0 Å². The van der Waals surface area contributed by atoms with E-state index < -0.39 is 0 Å². The summed E-state index contributed by atoms with van der Waals surface area (Å²) in [4.78, 5) is 14.2. The van der Waals surface area contributed by atoms with Crippen molar-refractivity contribution in [3.05, 3.63) is 41.7 Å². The van der Waals surface area contributed by atoms with Crippen LogP contribution in [0.4, 0.5) is 4.39 Å². The van der Waals surface area contributed by atoms with E-state index in [0.29, 0.717) is 24.6 Å². The molecule has 1 unspecified atom stereocenters. The number of hydrogen-bond acceptors (Lipinski definition) is 3. The Bertz CT molecular complexity index is 546. The fourth-order valence-electron chi connectivity index (χ4n) is 2.64. The lowest BCUT2D eigenvalue weighted by Gasteiger charge is -2.33. The molecule has 2 rings (SSSR count). The number of carbonyl (C=O) groups excluding carboxylic acids is 1. The van der Waals surface area contributed by atoms with Crippen molar-refractivity contribution in [1.29, 1.82) is 0 Å². The summed E-state index contributed by atoms with van der Waals surface area (Å²) in [6, 6.07) is 6.13. The van der Waals surface area contributed by atoms with Crippen molar-refractivity contribution in [2.24, 2.45) is 5.92 Å². The lowest BCUT2D eigenvalue weighted by Crippen LogP contribution is -2.48. The third-order valence-corrected chi connectivity index (χ3v) is 3.63. The monoisotopic (exact) mass is 320 g/mol. The quantitative estimate of drug-likeness (QED) is 0.818. The van der Waals surface area contributed by atoms with Crippen molar-refractivity contribution in [2.45, 2.75) is 20.0 Å². The van der Waals surface area contributed by atoms with E-state index in [1.807, 2.05) is 0 Å². The van der Waals surface area contributed by atoms with E-state index in [4.69, 9.17) is 4.74 Å². The maximum Gasteiger partial charge on any atom is 0.244 e. The van der Waals surface area contributed by atoms with E-state index in [0.717, 1.165) is 19.6 Å². The molecule has 1 atom stereocenters. The SMILES string of the molecule is CC(C)CN1CCOC(CNC(=O)/C=C/c2cccc(F)c2)C1. The van der Waals surface area contributed by atoms with Gasteiger partial charge >= 0.3 is 0 Å². The summed E-state index contributed by atoms with van der Waals surface area (Å²) in [6.45, 7) is 8.42. The Kier molecular flexibility index (Phi) is 6.74. The van der Waals surface area contributed by atoms with Gasteiger partial charge in [0.1, 0.15) is 5.82 Å². The van der Waals surface area contributed by atoms with Crippen molar-refractivity contribution in [1.82, 2.24) is 10.2 Å². The average Bonchev–Trinajstić information content (AvgIpc) is 2.51. The molecule has 0 radical (unpaired) electrons. The van der Waals surface area contributed by atoms with Crippen LogP contribution in [0, 0.1) is 11.7 Å². The molecule has 4 nitrogen and oxygen atoms in total. The van der Waals surface area contributed by atoms with Gasteiger partial charge in [0.25, 0.3) is 0 Å². The fourth-order valence-corrected chi connectivity index (χ4v) is 2.64. The van der Waals surface area contributed by atoms with Crippen LogP contribution >= 0.6 is 0 Å². The number of hydrogen-bond donors (Lipinski definition) is 1. The molecule has 126 valence electrons. The second-order valence-electron chi connectivity index (χ2n) is 6.28. The van der Waals surface area contributed by atoms with E-state index >= 15 is 0 Å². The molecule has 0 aromatic heterocycles. The van der Waals surface area contributed by atoms with E-state index in [9.17, 15) is 9.18 Å². The molecular formula is C18H25FN2O2. The van der Waals surface area contributed by atoms with Gasteiger partial charge in [0.2, 0.25) is 5.91 Å². The maximum atomic E-state index is 13.1. The van der Waals surface area contributed by atoms with E-state index in [-0.39, 0.29) is 17.8 Å². The van der Waals surface area contributed by atoms with Crippen LogP contribution in [-0.2, 0) is 9.53 Å². The Morgan fingerprint density at radius 2 is 2.35 bits per heavy atom. The van der Waals surface area contributed by atoms with Gasteiger partial charge in [-0.2, -0.15) is 0 Å². The lowest BCUT2D eigenvalue weighted by atomic mass is 10.2. The van der Waals surface area contributed by atoms with Gasteiger partial charge in [-0.15, -0.1) is 0 Å². The first-order valence-electron chi connectivity index (χ1n) is 8.08. The topological polar surface area (TPSA) is 41.6 Å². The first kappa shape index (κ1) is 17.6. The van der Waals surface area contributed by atoms with Crippen molar-refractivity contribution in [3.8, 4) is 0 Å². The minimum Gasteiger partial charge on any atom is -0.374 e.